The lowest BCUT2D eigenvalue weighted by molar-refractivity contribution is -0.121. The lowest BCUT2D eigenvalue weighted by atomic mass is 10.2. The van der Waals surface area contributed by atoms with Crippen LogP contribution >= 0.6 is 11.6 Å². The van der Waals surface area contributed by atoms with Crippen LogP contribution in [0.25, 0.3) is 0 Å². The highest BCUT2D eigenvalue weighted by Crippen LogP contribution is 2.03. The minimum Gasteiger partial charge on any atom is -0.379 e. The van der Waals surface area contributed by atoms with Gasteiger partial charge in [0, 0.05) is 18.9 Å². The normalized spacial score (nSPS) is 23.5. The molecule has 0 spiro atoms. The third-order valence-corrected chi connectivity index (χ3v) is 1.81. The molecule has 1 unspecified atom stereocenters. The Bertz CT molecular complexity index is 134. The van der Waals surface area contributed by atoms with E-state index in [1.807, 2.05) is 0 Å². The Morgan fingerprint density at radius 3 is 3.09 bits per heavy atom. The maximum atomic E-state index is 10.9. The van der Waals surface area contributed by atoms with Gasteiger partial charge in [0.05, 0.1) is 12.6 Å². The molecule has 0 aromatic rings. The van der Waals surface area contributed by atoms with Crippen LogP contribution in [0, 0.1) is 0 Å². The van der Waals surface area contributed by atoms with E-state index >= 15 is 0 Å². The van der Waals surface area contributed by atoms with Gasteiger partial charge in [-0.25, -0.2) is 0 Å². The molecule has 0 saturated carbocycles. The van der Waals surface area contributed by atoms with Crippen molar-refractivity contribution in [2.75, 3.05) is 19.1 Å². The van der Waals surface area contributed by atoms with Crippen LogP contribution in [0.15, 0.2) is 0 Å². The van der Waals surface area contributed by atoms with Crippen LogP contribution in [-0.2, 0) is 9.53 Å². The fraction of sp³-hybridized carbons (Fsp3) is 0.857. The molecule has 0 radical (unpaired) electrons. The number of alkyl halides is 1. The lowest BCUT2D eigenvalue weighted by Crippen LogP contribution is -2.34. The summed E-state index contributed by atoms with van der Waals surface area (Å²) in [6, 6.07) is 0.214. The standard InChI is InChI=1S/C7H12ClNO2/c8-3-1-7(10)9-6-2-4-11-5-6/h6H,1-5H2,(H,9,10). The lowest BCUT2D eigenvalue weighted by Gasteiger charge is -2.08. The zero-order chi connectivity index (χ0) is 8.10. The molecule has 1 atom stereocenters. The highest BCUT2D eigenvalue weighted by Gasteiger charge is 2.16. The number of amides is 1. The van der Waals surface area contributed by atoms with E-state index in [4.69, 9.17) is 16.3 Å². The van der Waals surface area contributed by atoms with Crippen LogP contribution < -0.4 is 5.32 Å². The van der Waals surface area contributed by atoms with E-state index in [-0.39, 0.29) is 11.9 Å². The zero-order valence-electron chi connectivity index (χ0n) is 6.31. The predicted molar refractivity (Wildman–Crippen MR) is 42.7 cm³/mol. The highest BCUT2D eigenvalue weighted by molar-refractivity contribution is 6.18. The highest BCUT2D eigenvalue weighted by atomic mass is 35.5. The fourth-order valence-corrected chi connectivity index (χ4v) is 1.21. The Morgan fingerprint density at radius 1 is 1.73 bits per heavy atom. The molecule has 0 bridgehead atoms. The molecule has 11 heavy (non-hydrogen) atoms. The number of nitrogens with one attached hydrogen (secondary N) is 1. The smallest absolute Gasteiger partial charge is 0.221 e. The molecule has 1 rings (SSSR count). The summed E-state index contributed by atoms with van der Waals surface area (Å²) >= 11 is 5.39. The van der Waals surface area contributed by atoms with Crippen molar-refractivity contribution in [1.29, 1.82) is 0 Å². The molecule has 1 N–H and O–H groups in total. The zero-order valence-corrected chi connectivity index (χ0v) is 7.06. The van der Waals surface area contributed by atoms with E-state index in [1.54, 1.807) is 0 Å². The van der Waals surface area contributed by atoms with Gasteiger partial charge < -0.3 is 10.1 Å². The molecule has 0 aliphatic carbocycles. The quantitative estimate of drug-likeness (QED) is 0.639. The molecule has 1 saturated heterocycles. The Balaban J connectivity index is 2.13. The van der Waals surface area contributed by atoms with Crippen LogP contribution in [0.1, 0.15) is 12.8 Å². The van der Waals surface area contributed by atoms with Gasteiger partial charge in [-0.1, -0.05) is 0 Å². The van der Waals surface area contributed by atoms with Gasteiger partial charge in [0.1, 0.15) is 0 Å². The van der Waals surface area contributed by atoms with Crippen molar-refractivity contribution >= 4 is 17.5 Å². The van der Waals surface area contributed by atoms with Crippen LogP contribution in [0.5, 0.6) is 0 Å². The van der Waals surface area contributed by atoms with E-state index in [1.165, 1.54) is 0 Å². The maximum absolute atomic E-state index is 10.9. The van der Waals surface area contributed by atoms with Crippen LogP contribution in [0.4, 0.5) is 0 Å². The molecule has 4 heteroatoms. The molecular formula is C7H12ClNO2. The first-order chi connectivity index (χ1) is 5.33. The van der Waals surface area contributed by atoms with Crippen molar-refractivity contribution in [2.24, 2.45) is 0 Å². The predicted octanol–water partition coefficient (Wildman–Crippen LogP) is 0.520. The number of hydrogen-bond donors (Lipinski definition) is 1. The number of halogens is 1. The van der Waals surface area contributed by atoms with Gasteiger partial charge in [0.15, 0.2) is 0 Å². The maximum Gasteiger partial charge on any atom is 0.221 e. The first-order valence-corrected chi connectivity index (χ1v) is 4.29. The van der Waals surface area contributed by atoms with Crippen molar-refractivity contribution in [1.82, 2.24) is 5.32 Å². The van der Waals surface area contributed by atoms with Gasteiger partial charge >= 0.3 is 0 Å². The first kappa shape index (κ1) is 8.81. The van der Waals surface area contributed by atoms with Gasteiger partial charge in [0.25, 0.3) is 0 Å². The monoisotopic (exact) mass is 177 g/mol. The first-order valence-electron chi connectivity index (χ1n) is 3.76. The third-order valence-electron chi connectivity index (χ3n) is 1.62. The molecule has 0 aromatic heterocycles. The van der Waals surface area contributed by atoms with Crippen LogP contribution in [-0.4, -0.2) is 31.0 Å². The summed E-state index contributed by atoms with van der Waals surface area (Å²) in [5.74, 6) is 0.412. The van der Waals surface area contributed by atoms with Gasteiger partial charge in [0.2, 0.25) is 5.91 Å². The van der Waals surface area contributed by atoms with E-state index in [0.29, 0.717) is 18.9 Å². The van der Waals surface area contributed by atoms with Gasteiger partial charge in [-0.2, -0.15) is 0 Å². The summed E-state index contributed by atoms with van der Waals surface area (Å²) in [5.41, 5.74) is 0. The van der Waals surface area contributed by atoms with E-state index < -0.39 is 0 Å². The van der Waals surface area contributed by atoms with Crippen molar-refractivity contribution in [3.63, 3.8) is 0 Å². The summed E-state index contributed by atoms with van der Waals surface area (Å²) in [6.45, 7) is 1.40. The average Bonchev–Trinajstić information content (AvgIpc) is 2.40. The summed E-state index contributed by atoms with van der Waals surface area (Å²) in [6.07, 6.45) is 1.33. The van der Waals surface area contributed by atoms with Gasteiger partial charge in [-0.05, 0) is 6.42 Å². The second kappa shape index (κ2) is 4.57. The van der Waals surface area contributed by atoms with Crippen LogP contribution in [0.3, 0.4) is 0 Å². The number of carbonyl (C=O) groups is 1. The molecule has 3 nitrogen and oxygen atoms in total. The summed E-state index contributed by atoms with van der Waals surface area (Å²) in [7, 11) is 0. The third kappa shape index (κ3) is 3.08. The summed E-state index contributed by atoms with van der Waals surface area (Å²) in [5, 5.41) is 2.83. The van der Waals surface area contributed by atoms with Gasteiger partial charge in [-0.3, -0.25) is 4.79 Å². The topological polar surface area (TPSA) is 38.3 Å². The van der Waals surface area contributed by atoms with Crippen molar-refractivity contribution in [2.45, 2.75) is 18.9 Å². The van der Waals surface area contributed by atoms with Crippen molar-refractivity contribution in [3.05, 3.63) is 0 Å². The molecule has 1 fully saturated rings. The molecule has 64 valence electrons. The molecule has 1 amide bonds. The van der Waals surface area contributed by atoms with E-state index in [2.05, 4.69) is 5.32 Å². The SMILES string of the molecule is O=C(CCCl)NC1CCOC1. The molecule has 1 aliphatic rings. The minimum atomic E-state index is 0.0236. The number of hydrogen-bond acceptors (Lipinski definition) is 2. The van der Waals surface area contributed by atoms with Gasteiger partial charge in [-0.15, -0.1) is 11.6 Å². The second-order valence-electron chi connectivity index (χ2n) is 2.57. The Hall–Kier alpha value is -0.280. The van der Waals surface area contributed by atoms with Crippen molar-refractivity contribution in [3.8, 4) is 0 Å². The number of ether oxygens (including phenoxy) is 1. The second-order valence-corrected chi connectivity index (χ2v) is 2.94. The van der Waals surface area contributed by atoms with Crippen molar-refractivity contribution < 1.29 is 9.53 Å². The summed E-state index contributed by atoms with van der Waals surface area (Å²) in [4.78, 5) is 10.9. The largest absolute Gasteiger partial charge is 0.379 e. The molecule has 1 aliphatic heterocycles. The fourth-order valence-electron chi connectivity index (χ4n) is 1.03. The molecule has 0 aromatic carbocycles. The van der Waals surface area contributed by atoms with Crippen LogP contribution in [0.2, 0.25) is 0 Å². The average molecular weight is 178 g/mol. The Labute approximate surface area is 71.1 Å². The number of carbonyl (C=O) groups excluding carboxylic acids is 1. The Morgan fingerprint density at radius 2 is 2.55 bits per heavy atom. The summed E-state index contributed by atoms with van der Waals surface area (Å²) < 4.78 is 5.09. The van der Waals surface area contributed by atoms with E-state index in [0.717, 1.165) is 13.0 Å². The minimum absolute atomic E-state index is 0.0236. The molecule has 1 heterocycles. The Kier molecular flexibility index (Phi) is 3.66. The number of rotatable bonds is 3. The molecular weight excluding hydrogens is 166 g/mol. The van der Waals surface area contributed by atoms with E-state index in [9.17, 15) is 4.79 Å².